The van der Waals surface area contributed by atoms with Gasteiger partial charge in [0, 0.05) is 37.4 Å². The summed E-state index contributed by atoms with van der Waals surface area (Å²) in [4.78, 5) is 3.98. The molecule has 2 aromatic heterocycles. The topological polar surface area (TPSA) is 33.1 Å². The Hall–Kier alpha value is -5.75. The Morgan fingerprint density at radius 3 is 1.98 bits per heavy atom. The molecule has 5 heteroatoms. The first-order chi connectivity index (χ1) is 21.2. The number of nitrogens with zero attached hydrogens (tertiary/aromatic N) is 3. The SMILES string of the molecule is [C-]#[N+]c1c(-c2ccccc2)c(F)c(-c2ccccc2)c(C#N)c1-n1c2ccccc2c2ccc3c4ccccc4sc3c21. The molecule has 3 nitrogen and oxygen atoms in total. The average molecular weight is 570 g/mol. The van der Waals surface area contributed by atoms with Crippen molar-refractivity contribution in [3.63, 3.8) is 0 Å². The van der Waals surface area contributed by atoms with Gasteiger partial charge >= 0.3 is 0 Å². The number of nitriles is 1. The van der Waals surface area contributed by atoms with Crippen molar-refractivity contribution in [2.75, 3.05) is 0 Å². The van der Waals surface area contributed by atoms with Crippen LogP contribution >= 0.6 is 11.3 Å². The molecule has 0 bridgehead atoms. The molecule has 0 saturated heterocycles. The van der Waals surface area contributed by atoms with Crippen molar-refractivity contribution in [3.05, 3.63) is 144 Å². The van der Waals surface area contributed by atoms with Gasteiger partial charge in [-0.15, -0.1) is 11.3 Å². The lowest BCUT2D eigenvalue weighted by atomic mass is 9.90. The zero-order valence-electron chi connectivity index (χ0n) is 22.7. The van der Waals surface area contributed by atoms with Gasteiger partial charge < -0.3 is 4.57 Å². The third kappa shape index (κ3) is 3.56. The van der Waals surface area contributed by atoms with Crippen LogP contribution in [-0.4, -0.2) is 4.57 Å². The zero-order valence-corrected chi connectivity index (χ0v) is 23.5. The Kier molecular flexibility index (Phi) is 5.62. The summed E-state index contributed by atoms with van der Waals surface area (Å²) in [7, 11) is 0. The van der Waals surface area contributed by atoms with E-state index in [0.717, 1.165) is 42.0 Å². The summed E-state index contributed by atoms with van der Waals surface area (Å²) in [5.41, 5.74) is 3.96. The molecule has 0 saturated carbocycles. The molecule has 0 fully saturated rings. The van der Waals surface area contributed by atoms with Crippen LogP contribution in [0.1, 0.15) is 5.56 Å². The fourth-order valence-corrected chi connectivity index (χ4v) is 7.58. The average Bonchev–Trinajstić information content (AvgIpc) is 3.61. The van der Waals surface area contributed by atoms with Crippen molar-refractivity contribution in [1.82, 2.24) is 4.57 Å². The number of fused-ring (bicyclic) bond motifs is 7. The largest absolute Gasteiger partial charge is 0.316 e. The molecule has 8 aromatic rings. The summed E-state index contributed by atoms with van der Waals surface area (Å²) in [5.74, 6) is -0.573. The van der Waals surface area contributed by atoms with Gasteiger partial charge in [0.25, 0.3) is 0 Å². The van der Waals surface area contributed by atoms with Gasteiger partial charge in [-0.1, -0.05) is 109 Å². The van der Waals surface area contributed by atoms with Gasteiger partial charge in [-0.3, -0.25) is 0 Å². The fraction of sp³-hybridized carbons (Fsp3) is 0. The van der Waals surface area contributed by atoms with Gasteiger partial charge in [0.2, 0.25) is 5.69 Å². The lowest BCUT2D eigenvalue weighted by Crippen LogP contribution is -2.05. The number of hydrogen-bond acceptors (Lipinski definition) is 2. The number of rotatable bonds is 3. The van der Waals surface area contributed by atoms with Crippen LogP contribution in [0, 0.1) is 23.7 Å². The predicted molar refractivity (Wildman–Crippen MR) is 175 cm³/mol. The smallest absolute Gasteiger partial charge is 0.222 e. The number of halogens is 1. The van der Waals surface area contributed by atoms with Gasteiger partial charge in [-0.25, -0.2) is 9.24 Å². The molecule has 0 unspecified atom stereocenters. The van der Waals surface area contributed by atoms with Crippen molar-refractivity contribution in [1.29, 1.82) is 5.26 Å². The first kappa shape index (κ1) is 25.0. The predicted octanol–water partition coefficient (Wildman–Crippen LogP) is 11.0. The molecule has 0 aliphatic carbocycles. The molecule has 6 aromatic carbocycles. The fourth-order valence-electron chi connectivity index (χ4n) is 6.34. The quantitative estimate of drug-likeness (QED) is 0.195. The number of aromatic nitrogens is 1. The van der Waals surface area contributed by atoms with Crippen LogP contribution in [0.4, 0.5) is 10.1 Å². The maximum absolute atomic E-state index is 16.9. The third-order valence-electron chi connectivity index (χ3n) is 8.14. The third-order valence-corrected chi connectivity index (χ3v) is 9.33. The van der Waals surface area contributed by atoms with Crippen molar-refractivity contribution < 1.29 is 4.39 Å². The minimum absolute atomic E-state index is 0.112. The molecule has 0 spiro atoms. The van der Waals surface area contributed by atoms with E-state index in [1.165, 1.54) is 0 Å². The van der Waals surface area contributed by atoms with E-state index in [1.807, 2.05) is 95.6 Å². The van der Waals surface area contributed by atoms with Gasteiger partial charge in [0.1, 0.15) is 11.9 Å². The van der Waals surface area contributed by atoms with E-state index in [4.69, 9.17) is 6.57 Å². The second-order valence-electron chi connectivity index (χ2n) is 10.4. The van der Waals surface area contributed by atoms with Crippen LogP contribution in [0.15, 0.2) is 121 Å². The molecule has 0 aliphatic rings. The van der Waals surface area contributed by atoms with E-state index in [-0.39, 0.29) is 22.4 Å². The minimum atomic E-state index is -0.573. The number of benzene rings is 6. The van der Waals surface area contributed by atoms with Gasteiger partial charge in [0.15, 0.2) is 0 Å². The van der Waals surface area contributed by atoms with E-state index in [2.05, 4.69) is 41.2 Å². The second-order valence-corrected chi connectivity index (χ2v) is 11.4. The van der Waals surface area contributed by atoms with E-state index in [1.54, 1.807) is 11.3 Å². The summed E-state index contributed by atoms with van der Waals surface area (Å²) >= 11 is 1.69. The highest BCUT2D eigenvalue weighted by atomic mass is 32.1. The normalized spacial score (nSPS) is 11.3. The molecule has 0 amide bonds. The monoisotopic (exact) mass is 569 g/mol. The van der Waals surface area contributed by atoms with Crippen molar-refractivity contribution in [2.24, 2.45) is 0 Å². The summed E-state index contributed by atoms with van der Waals surface area (Å²) in [6.07, 6.45) is 0. The van der Waals surface area contributed by atoms with Gasteiger partial charge in [-0.2, -0.15) is 5.26 Å². The molecule has 0 radical (unpaired) electrons. The molecule has 43 heavy (non-hydrogen) atoms. The molecular weight excluding hydrogens is 550 g/mol. The molecule has 0 aliphatic heterocycles. The van der Waals surface area contributed by atoms with Crippen LogP contribution < -0.4 is 0 Å². The summed E-state index contributed by atoms with van der Waals surface area (Å²) in [5, 5.41) is 15.1. The molecule has 0 N–H and O–H groups in total. The highest BCUT2D eigenvalue weighted by molar-refractivity contribution is 7.26. The maximum Gasteiger partial charge on any atom is 0.222 e. The van der Waals surface area contributed by atoms with E-state index in [0.29, 0.717) is 16.8 Å². The number of thiophene rings is 1. The van der Waals surface area contributed by atoms with Crippen LogP contribution in [0.2, 0.25) is 0 Å². The lowest BCUT2D eigenvalue weighted by molar-refractivity contribution is 0.635. The molecule has 2 heterocycles. The Balaban J connectivity index is 1.66. The van der Waals surface area contributed by atoms with Crippen LogP contribution in [0.3, 0.4) is 0 Å². The van der Waals surface area contributed by atoms with Crippen LogP contribution in [-0.2, 0) is 0 Å². The summed E-state index contributed by atoms with van der Waals surface area (Å²) in [6, 6.07) is 41.3. The Labute approximate surface area is 250 Å². The first-order valence-corrected chi connectivity index (χ1v) is 14.6. The minimum Gasteiger partial charge on any atom is -0.316 e. The maximum atomic E-state index is 16.9. The van der Waals surface area contributed by atoms with Crippen molar-refractivity contribution in [3.8, 4) is 34.0 Å². The highest BCUT2D eigenvalue weighted by Crippen LogP contribution is 2.49. The Morgan fingerprint density at radius 1 is 0.674 bits per heavy atom. The van der Waals surface area contributed by atoms with Gasteiger partial charge in [0.05, 0.1) is 33.6 Å². The number of para-hydroxylation sites is 1. The highest BCUT2D eigenvalue weighted by Gasteiger charge is 2.30. The van der Waals surface area contributed by atoms with Crippen LogP contribution in [0.5, 0.6) is 0 Å². The molecule has 8 rings (SSSR count). The standard InChI is InChI=1S/C38H20FN3S/c1-41-35-33(24-14-6-3-7-15-24)34(39)32(23-12-4-2-5-13-23)29(22-40)36(35)42-30-18-10-8-16-25(30)27-20-21-28-26-17-9-11-19-31(26)43-38(28)37(27)42/h2-21H. The van der Waals surface area contributed by atoms with E-state index >= 15 is 4.39 Å². The summed E-state index contributed by atoms with van der Waals surface area (Å²) in [6.45, 7) is 8.43. The molecule has 200 valence electrons. The van der Waals surface area contributed by atoms with E-state index in [9.17, 15) is 5.26 Å². The Morgan fingerprint density at radius 2 is 1.28 bits per heavy atom. The molecule has 0 atom stereocenters. The van der Waals surface area contributed by atoms with Crippen molar-refractivity contribution >= 4 is 59.0 Å². The van der Waals surface area contributed by atoms with Crippen molar-refractivity contribution in [2.45, 2.75) is 0 Å². The van der Waals surface area contributed by atoms with Crippen LogP contribution in [0.25, 0.3) is 74.8 Å². The lowest BCUT2D eigenvalue weighted by Gasteiger charge is -2.20. The summed E-state index contributed by atoms with van der Waals surface area (Å²) < 4.78 is 21.1. The first-order valence-electron chi connectivity index (χ1n) is 13.8. The van der Waals surface area contributed by atoms with E-state index < -0.39 is 5.82 Å². The number of hydrogen-bond donors (Lipinski definition) is 0. The van der Waals surface area contributed by atoms with Gasteiger partial charge in [-0.05, 0) is 23.3 Å². The second kappa shape index (κ2) is 9.67. The Bertz CT molecular complexity index is 2400. The molecular formula is C38H20FN3S. The zero-order chi connectivity index (χ0) is 29.1.